The lowest BCUT2D eigenvalue weighted by Crippen LogP contribution is -2.53. The summed E-state index contributed by atoms with van der Waals surface area (Å²) in [5.74, 6) is -0.700. The zero-order chi connectivity index (χ0) is 13.0. The maximum Gasteiger partial charge on any atom is 0.331 e. The summed E-state index contributed by atoms with van der Waals surface area (Å²) in [7, 11) is 1.30. The van der Waals surface area contributed by atoms with Crippen LogP contribution in [0.25, 0.3) is 0 Å². The van der Waals surface area contributed by atoms with Gasteiger partial charge in [-0.15, -0.1) is 0 Å². The molecule has 18 heavy (non-hydrogen) atoms. The van der Waals surface area contributed by atoms with Crippen molar-refractivity contribution in [1.82, 2.24) is 9.88 Å². The Hall–Kier alpha value is -1.95. The maximum atomic E-state index is 12.3. The average Bonchev–Trinajstić information content (AvgIpc) is 2.46. The second-order valence-corrected chi connectivity index (χ2v) is 3.85. The van der Waals surface area contributed by atoms with Gasteiger partial charge in [0, 0.05) is 18.9 Å². The van der Waals surface area contributed by atoms with Crippen LogP contribution in [-0.2, 0) is 14.3 Å². The Balaban J connectivity index is 2.19. The van der Waals surface area contributed by atoms with E-state index in [4.69, 9.17) is 4.74 Å². The van der Waals surface area contributed by atoms with Crippen molar-refractivity contribution in [3.63, 3.8) is 0 Å². The standard InChI is InChI=1S/C12H14N2O4/c1-17-12(16)10-8-18-6-5-14(10)11(15)9-3-2-4-13-7-9/h2-4,7,10H,5-6,8H2,1H3. The van der Waals surface area contributed by atoms with Gasteiger partial charge < -0.3 is 14.4 Å². The Kier molecular flexibility index (Phi) is 3.88. The second-order valence-electron chi connectivity index (χ2n) is 3.85. The van der Waals surface area contributed by atoms with Gasteiger partial charge in [0.25, 0.3) is 5.91 Å². The minimum absolute atomic E-state index is 0.165. The topological polar surface area (TPSA) is 68.7 Å². The van der Waals surface area contributed by atoms with Crippen molar-refractivity contribution in [2.75, 3.05) is 26.9 Å². The number of aromatic nitrogens is 1. The first-order chi connectivity index (χ1) is 8.74. The van der Waals surface area contributed by atoms with Crippen LogP contribution in [0.3, 0.4) is 0 Å². The van der Waals surface area contributed by atoms with E-state index in [9.17, 15) is 9.59 Å². The fourth-order valence-corrected chi connectivity index (χ4v) is 1.83. The van der Waals surface area contributed by atoms with Crippen LogP contribution in [0.15, 0.2) is 24.5 Å². The number of carbonyl (C=O) groups excluding carboxylic acids is 2. The van der Waals surface area contributed by atoms with Crippen molar-refractivity contribution in [3.8, 4) is 0 Å². The van der Waals surface area contributed by atoms with Gasteiger partial charge in [0.05, 0.1) is 25.9 Å². The molecule has 1 aromatic rings. The van der Waals surface area contributed by atoms with Gasteiger partial charge in [-0.3, -0.25) is 9.78 Å². The van der Waals surface area contributed by atoms with E-state index in [0.717, 1.165) is 0 Å². The number of esters is 1. The highest BCUT2D eigenvalue weighted by Crippen LogP contribution is 2.13. The first-order valence-corrected chi connectivity index (χ1v) is 5.60. The molecule has 96 valence electrons. The van der Waals surface area contributed by atoms with Gasteiger partial charge in [-0.2, -0.15) is 0 Å². The molecule has 1 atom stereocenters. The monoisotopic (exact) mass is 250 g/mol. The normalized spacial score (nSPS) is 19.4. The number of amides is 1. The molecule has 0 radical (unpaired) electrons. The van der Waals surface area contributed by atoms with Gasteiger partial charge >= 0.3 is 5.97 Å². The smallest absolute Gasteiger partial charge is 0.331 e. The summed E-state index contributed by atoms with van der Waals surface area (Å²) in [5.41, 5.74) is 0.452. The third-order valence-electron chi connectivity index (χ3n) is 2.77. The lowest BCUT2D eigenvalue weighted by atomic mass is 10.1. The molecule has 2 heterocycles. The molecular weight excluding hydrogens is 236 g/mol. The first kappa shape index (κ1) is 12.5. The van der Waals surface area contributed by atoms with Gasteiger partial charge in [0.1, 0.15) is 0 Å². The van der Waals surface area contributed by atoms with Gasteiger partial charge in [0.2, 0.25) is 0 Å². The molecule has 1 aliphatic rings. The summed E-state index contributed by atoms with van der Waals surface area (Å²) in [6.07, 6.45) is 3.07. The zero-order valence-corrected chi connectivity index (χ0v) is 10.0. The van der Waals surface area contributed by atoms with Crippen LogP contribution in [0.2, 0.25) is 0 Å². The van der Waals surface area contributed by atoms with E-state index in [1.165, 1.54) is 18.2 Å². The van der Waals surface area contributed by atoms with Crippen LogP contribution in [0.4, 0.5) is 0 Å². The number of hydrogen-bond donors (Lipinski definition) is 0. The van der Waals surface area contributed by atoms with Crippen LogP contribution >= 0.6 is 0 Å². The van der Waals surface area contributed by atoms with Gasteiger partial charge in [-0.05, 0) is 12.1 Å². The molecule has 1 saturated heterocycles. The van der Waals surface area contributed by atoms with Gasteiger partial charge in [0.15, 0.2) is 6.04 Å². The van der Waals surface area contributed by atoms with Crippen molar-refractivity contribution in [3.05, 3.63) is 30.1 Å². The Morgan fingerprint density at radius 3 is 3.06 bits per heavy atom. The van der Waals surface area contributed by atoms with E-state index in [2.05, 4.69) is 9.72 Å². The van der Waals surface area contributed by atoms with Crippen LogP contribution in [0.1, 0.15) is 10.4 Å². The summed E-state index contributed by atoms with van der Waals surface area (Å²) in [6, 6.07) is 2.66. The zero-order valence-electron chi connectivity index (χ0n) is 10.0. The Morgan fingerprint density at radius 1 is 1.56 bits per heavy atom. The number of nitrogens with zero attached hydrogens (tertiary/aromatic N) is 2. The molecule has 0 aliphatic carbocycles. The van der Waals surface area contributed by atoms with E-state index in [1.807, 2.05) is 0 Å². The Morgan fingerprint density at radius 2 is 2.39 bits per heavy atom. The van der Waals surface area contributed by atoms with Crippen LogP contribution in [0, 0.1) is 0 Å². The molecule has 1 aliphatic heterocycles. The number of hydrogen-bond acceptors (Lipinski definition) is 5. The van der Waals surface area contributed by atoms with Crippen LogP contribution in [-0.4, -0.2) is 54.7 Å². The van der Waals surface area contributed by atoms with Gasteiger partial charge in [-0.25, -0.2) is 4.79 Å². The number of pyridine rings is 1. The van der Waals surface area contributed by atoms with Crippen molar-refractivity contribution in [1.29, 1.82) is 0 Å². The van der Waals surface area contributed by atoms with Gasteiger partial charge in [-0.1, -0.05) is 0 Å². The lowest BCUT2D eigenvalue weighted by molar-refractivity contribution is -0.151. The summed E-state index contributed by atoms with van der Waals surface area (Å²) in [4.78, 5) is 29.2. The molecular formula is C12H14N2O4. The molecule has 2 rings (SSSR count). The van der Waals surface area contributed by atoms with Crippen LogP contribution in [0.5, 0.6) is 0 Å². The third-order valence-corrected chi connectivity index (χ3v) is 2.77. The number of methoxy groups -OCH3 is 1. The van der Waals surface area contributed by atoms with Crippen molar-refractivity contribution < 1.29 is 19.1 Å². The lowest BCUT2D eigenvalue weighted by Gasteiger charge is -2.33. The highest BCUT2D eigenvalue weighted by molar-refractivity contribution is 5.96. The quantitative estimate of drug-likeness (QED) is 0.696. The molecule has 0 spiro atoms. The fraction of sp³-hybridized carbons (Fsp3) is 0.417. The van der Waals surface area contributed by atoms with E-state index >= 15 is 0 Å². The molecule has 0 bridgehead atoms. The molecule has 1 amide bonds. The van der Waals surface area contributed by atoms with E-state index in [0.29, 0.717) is 18.7 Å². The van der Waals surface area contributed by atoms with E-state index < -0.39 is 12.0 Å². The van der Waals surface area contributed by atoms with Crippen molar-refractivity contribution in [2.24, 2.45) is 0 Å². The molecule has 0 saturated carbocycles. The number of ether oxygens (including phenoxy) is 2. The third kappa shape index (κ3) is 2.48. The summed E-state index contributed by atoms with van der Waals surface area (Å²) in [5, 5.41) is 0. The second kappa shape index (κ2) is 5.59. The molecule has 0 N–H and O–H groups in total. The van der Waals surface area contributed by atoms with Crippen LogP contribution < -0.4 is 0 Å². The Bertz CT molecular complexity index is 435. The largest absolute Gasteiger partial charge is 0.467 e. The SMILES string of the molecule is COC(=O)C1COCCN1C(=O)c1cccnc1. The number of carbonyl (C=O) groups is 2. The summed E-state index contributed by atoms with van der Waals surface area (Å²) < 4.78 is 9.89. The highest BCUT2D eigenvalue weighted by atomic mass is 16.5. The molecule has 1 unspecified atom stereocenters. The minimum atomic E-state index is -0.684. The highest BCUT2D eigenvalue weighted by Gasteiger charge is 2.34. The van der Waals surface area contributed by atoms with E-state index in [-0.39, 0.29) is 12.5 Å². The fourth-order valence-electron chi connectivity index (χ4n) is 1.83. The predicted octanol–water partition coefficient (Wildman–Crippen LogP) is 0.0956. The predicted molar refractivity (Wildman–Crippen MR) is 61.9 cm³/mol. The molecule has 0 aromatic carbocycles. The summed E-state index contributed by atoms with van der Waals surface area (Å²) in [6.45, 7) is 0.950. The molecule has 6 heteroatoms. The van der Waals surface area contributed by atoms with E-state index in [1.54, 1.807) is 18.3 Å². The number of rotatable bonds is 2. The Labute approximate surface area is 105 Å². The average molecular weight is 250 g/mol. The molecule has 6 nitrogen and oxygen atoms in total. The molecule has 1 fully saturated rings. The minimum Gasteiger partial charge on any atom is -0.467 e. The van der Waals surface area contributed by atoms with Crippen molar-refractivity contribution >= 4 is 11.9 Å². The summed E-state index contributed by atoms with van der Waals surface area (Å²) >= 11 is 0. The van der Waals surface area contributed by atoms with Crippen molar-refractivity contribution in [2.45, 2.75) is 6.04 Å². The first-order valence-electron chi connectivity index (χ1n) is 5.60. The molecule has 1 aromatic heterocycles. The number of morpholine rings is 1. The maximum absolute atomic E-state index is 12.3.